The number of carbonyl (C=O) groups excluding carboxylic acids is 1. The van der Waals surface area contributed by atoms with Gasteiger partial charge in [0.05, 0.1) is 15.5 Å². The van der Waals surface area contributed by atoms with Gasteiger partial charge in [-0.3, -0.25) is 19.8 Å². The second kappa shape index (κ2) is 8.69. The van der Waals surface area contributed by atoms with Gasteiger partial charge in [-0.15, -0.1) is 0 Å². The Balaban J connectivity index is 1.52. The van der Waals surface area contributed by atoms with Gasteiger partial charge in [0.1, 0.15) is 0 Å². The van der Waals surface area contributed by atoms with Crippen molar-refractivity contribution in [2.24, 2.45) is 0 Å². The van der Waals surface area contributed by atoms with E-state index >= 15 is 0 Å². The molecule has 0 aromatic heterocycles. The standard InChI is InChI=1S/C19H19Cl2N3O3/c20-14-3-1-13(2-4-14)12-23-9-7-15(8-10-23)22-19(25)17-6-5-16(24(26)27)11-18(17)21/h1-6,11,15H,7-10,12H2,(H,22,25). The number of carbonyl (C=O) groups is 1. The Morgan fingerprint density at radius 1 is 1.15 bits per heavy atom. The molecule has 1 saturated heterocycles. The van der Waals surface area contributed by atoms with Gasteiger partial charge < -0.3 is 5.32 Å². The molecule has 6 nitrogen and oxygen atoms in total. The van der Waals surface area contributed by atoms with E-state index in [1.807, 2.05) is 24.3 Å². The van der Waals surface area contributed by atoms with Crippen LogP contribution in [0.5, 0.6) is 0 Å². The Hall–Kier alpha value is -2.15. The van der Waals surface area contributed by atoms with Crippen LogP contribution in [0.1, 0.15) is 28.8 Å². The van der Waals surface area contributed by atoms with Gasteiger partial charge in [-0.25, -0.2) is 0 Å². The first kappa shape index (κ1) is 19.6. The molecular weight excluding hydrogens is 389 g/mol. The van der Waals surface area contributed by atoms with Gasteiger partial charge in [-0.05, 0) is 36.6 Å². The molecule has 1 amide bonds. The molecule has 0 unspecified atom stereocenters. The van der Waals surface area contributed by atoms with Crippen LogP contribution in [0.25, 0.3) is 0 Å². The largest absolute Gasteiger partial charge is 0.349 e. The van der Waals surface area contributed by atoms with Crippen molar-refractivity contribution >= 4 is 34.8 Å². The molecule has 3 rings (SSSR count). The first-order valence-corrected chi connectivity index (χ1v) is 9.39. The SMILES string of the molecule is O=C(NC1CCN(Cc2ccc(Cl)cc2)CC1)c1ccc([N+](=O)[O-])cc1Cl. The molecule has 27 heavy (non-hydrogen) atoms. The number of piperidine rings is 1. The number of hydrogen-bond acceptors (Lipinski definition) is 4. The van der Waals surface area contributed by atoms with Gasteiger partial charge in [-0.1, -0.05) is 35.3 Å². The summed E-state index contributed by atoms with van der Waals surface area (Å²) in [6.45, 7) is 2.61. The summed E-state index contributed by atoms with van der Waals surface area (Å²) in [5, 5.41) is 14.6. The minimum absolute atomic E-state index is 0.0604. The predicted octanol–water partition coefficient (Wildman–Crippen LogP) is 4.30. The number of rotatable bonds is 5. The summed E-state index contributed by atoms with van der Waals surface area (Å²) in [6, 6.07) is 11.8. The number of nitrogens with one attached hydrogen (secondary N) is 1. The first-order chi connectivity index (χ1) is 12.9. The number of nitro groups is 1. The number of likely N-dealkylation sites (tertiary alicyclic amines) is 1. The molecule has 1 aliphatic heterocycles. The summed E-state index contributed by atoms with van der Waals surface area (Å²) in [6.07, 6.45) is 1.67. The van der Waals surface area contributed by atoms with E-state index in [0.29, 0.717) is 0 Å². The van der Waals surface area contributed by atoms with Crippen LogP contribution in [-0.4, -0.2) is 34.9 Å². The average Bonchev–Trinajstić information content (AvgIpc) is 2.65. The molecule has 0 bridgehead atoms. The minimum Gasteiger partial charge on any atom is -0.349 e. The van der Waals surface area contributed by atoms with E-state index in [-0.39, 0.29) is 28.2 Å². The third-order valence-electron chi connectivity index (χ3n) is 4.65. The fourth-order valence-corrected chi connectivity index (χ4v) is 3.53. The Morgan fingerprint density at radius 2 is 1.81 bits per heavy atom. The molecule has 1 aliphatic rings. The molecule has 1 heterocycles. The Kier molecular flexibility index (Phi) is 6.31. The molecule has 0 spiro atoms. The fraction of sp³-hybridized carbons (Fsp3) is 0.316. The highest BCUT2D eigenvalue weighted by molar-refractivity contribution is 6.34. The summed E-state index contributed by atoms with van der Waals surface area (Å²) >= 11 is 11.9. The van der Waals surface area contributed by atoms with E-state index in [9.17, 15) is 14.9 Å². The van der Waals surface area contributed by atoms with E-state index in [2.05, 4.69) is 10.2 Å². The lowest BCUT2D eigenvalue weighted by Crippen LogP contribution is -2.44. The van der Waals surface area contributed by atoms with E-state index < -0.39 is 4.92 Å². The van der Waals surface area contributed by atoms with Crippen molar-refractivity contribution in [2.45, 2.75) is 25.4 Å². The number of nitrogens with zero attached hydrogens (tertiary/aromatic N) is 2. The van der Waals surface area contributed by atoms with Crippen LogP contribution in [0.4, 0.5) is 5.69 Å². The van der Waals surface area contributed by atoms with Gasteiger partial charge in [0.2, 0.25) is 0 Å². The zero-order valence-electron chi connectivity index (χ0n) is 14.5. The van der Waals surface area contributed by atoms with Crippen LogP contribution >= 0.6 is 23.2 Å². The number of halogens is 2. The molecule has 142 valence electrons. The molecule has 8 heteroatoms. The molecule has 1 fully saturated rings. The second-order valence-electron chi connectivity index (χ2n) is 6.57. The summed E-state index contributed by atoms with van der Waals surface area (Å²) in [7, 11) is 0. The predicted molar refractivity (Wildman–Crippen MR) is 105 cm³/mol. The van der Waals surface area contributed by atoms with Crippen LogP contribution in [0.3, 0.4) is 0 Å². The van der Waals surface area contributed by atoms with E-state index in [4.69, 9.17) is 23.2 Å². The zero-order valence-corrected chi connectivity index (χ0v) is 16.0. The van der Waals surface area contributed by atoms with Crippen LogP contribution in [-0.2, 0) is 6.54 Å². The highest BCUT2D eigenvalue weighted by atomic mass is 35.5. The molecule has 2 aromatic carbocycles. The molecule has 0 atom stereocenters. The molecule has 0 aliphatic carbocycles. The Labute approximate surface area is 167 Å². The third kappa shape index (κ3) is 5.19. The van der Waals surface area contributed by atoms with E-state index in [1.54, 1.807) is 0 Å². The maximum Gasteiger partial charge on any atom is 0.270 e. The summed E-state index contributed by atoms with van der Waals surface area (Å²) in [5.74, 6) is -0.300. The maximum atomic E-state index is 12.4. The van der Waals surface area contributed by atoms with E-state index in [0.717, 1.165) is 37.5 Å². The highest BCUT2D eigenvalue weighted by Gasteiger charge is 2.22. The van der Waals surface area contributed by atoms with Crippen LogP contribution in [0.15, 0.2) is 42.5 Å². The molecule has 0 saturated carbocycles. The van der Waals surface area contributed by atoms with Crippen LogP contribution in [0.2, 0.25) is 10.0 Å². The van der Waals surface area contributed by atoms with Crippen LogP contribution < -0.4 is 5.32 Å². The molecular formula is C19H19Cl2N3O3. The molecule has 0 radical (unpaired) electrons. The number of hydrogen-bond donors (Lipinski definition) is 1. The lowest BCUT2D eigenvalue weighted by atomic mass is 10.0. The van der Waals surface area contributed by atoms with Gasteiger partial charge in [0.15, 0.2) is 0 Å². The monoisotopic (exact) mass is 407 g/mol. The fourth-order valence-electron chi connectivity index (χ4n) is 3.15. The van der Waals surface area contributed by atoms with Crippen molar-refractivity contribution in [3.8, 4) is 0 Å². The van der Waals surface area contributed by atoms with Gasteiger partial charge in [0.25, 0.3) is 11.6 Å². The zero-order chi connectivity index (χ0) is 19.4. The molecule has 2 aromatic rings. The van der Waals surface area contributed by atoms with Gasteiger partial charge in [-0.2, -0.15) is 0 Å². The van der Waals surface area contributed by atoms with Crippen molar-refractivity contribution in [3.63, 3.8) is 0 Å². The quantitative estimate of drug-likeness (QED) is 0.592. The first-order valence-electron chi connectivity index (χ1n) is 8.64. The molecule has 1 N–H and O–H groups in total. The van der Waals surface area contributed by atoms with Crippen molar-refractivity contribution in [2.75, 3.05) is 13.1 Å². The summed E-state index contributed by atoms with van der Waals surface area (Å²) in [5.41, 5.74) is 1.33. The van der Waals surface area contributed by atoms with Crippen molar-refractivity contribution in [1.82, 2.24) is 10.2 Å². The number of non-ortho nitro benzene ring substituents is 1. The highest BCUT2D eigenvalue weighted by Crippen LogP contribution is 2.23. The third-order valence-corrected chi connectivity index (χ3v) is 5.22. The summed E-state index contributed by atoms with van der Waals surface area (Å²) in [4.78, 5) is 25.0. The van der Waals surface area contributed by atoms with Crippen molar-refractivity contribution < 1.29 is 9.72 Å². The van der Waals surface area contributed by atoms with Crippen molar-refractivity contribution in [3.05, 3.63) is 73.8 Å². The van der Waals surface area contributed by atoms with Gasteiger partial charge >= 0.3 is 0 Å². The van der Waals surface area contributed by atoms with E-state index in [1.165, 1.54) is 23.8 Å². The number of benzene rings is 2. The van der Waals surface area contributed by atoms with Gasteiger partial charge in [0, 0.05) is 42.8 Å². The lowest BCUT2D eigenvalue weighted by Gasteiger charge is -2.32. The number of nitro benzene ring substituents is 1. The number of amides is 1. The minimum atomic E-state index is -0.538. The second-order valence-corrected chi connectivity index (χ2v) is 7.42. The Bertz CT molecular complexity index is 835. The van der Waals surface area contributed by atoms with Crippen LogP contribution in [0, 0.1) is 10.1 Å². The summed E-state index contributed by atoms with van der Waals surface area (Å²) < 4.78 is 0. The normalized spacial score (nSPS) is 15.5. The average molecular weight is 408 g/mol. The van der Waals surface area contributed by atoms with Crippen molar-refractivity contribution in [1.29, 1.82) is 0 Å². The maximum absolute atomic E-state index is 12.4. The Morgan fingerprint density at radius 3 is 2.41 bits per heavy atom. The topological polar surface area (TPSA) is 75.5 Å². The lowest BCUT2D eigenvalue weighted by molar-refractivity contribution is -0.384. The smallest absolute Gasteiger partial charge is 0.270 e.